The molecular formula is C10H18N2O. The number of nitrogens with zero attached hydrogens (tertiary/aromatic N) is 2. The molecule has 0 aliphatic carbocycles. The average molecular weight is 182 g/mol. The van der Waals surface area contributed by atoms with Crippen LogP contribution in [0.2, 0.25) is 0 Å². The summed E-state index contributed by atoms with van der Waals surface area (Å²) < 4.78 is 1.95. The highest BCUT2D eigenvalue weighted by molar-refractivity contribution is 5.07. The molecule has 74 valence electrons. The molecule has 0 radical (unpaired) electrons. The Hall–Kier alpha value is -0.830. The number of aliphatic hydroxyl groups is 1. The van der Waals surface area contributed by atoms with Crippen molar-refractivity contribution < 1.29 is 5.11 Å². The second-order valence-electron chi connectivity index (χ2n) is 3.40. The lowest BCUT2D eigenvalue weighted by Gasteiger charge is -2.12. The molecule has 3 heteroatoms. The molecule has 0 saturated heterocycles. The summed E-state index contributed by atoms with van der Waals surface area (Å²) >= 11 is 0. The van der Waals surface area contributed by atoms with Crippen LogP contribution in [0.4, 0.5) is 0 Å². The van der Waals surface area contributed by atoms with Crippen molar-refractivity contribution in [1.82, 2.24) is 9.78 Å². The summed E-state index contributed by atoms with van der Waals surface area (Å²) in [5.41, 5.74) is 0.895. The first-order valence-corrected chi connectivity index (χ1v) is 4.91. The van der Waals surface area contributed by atoms with Crippen LogP contribution >= 0.6 is 0 Å². The average Bonchev–Trinajstić information content (AvgIpc) is 2.56. The summed E-state index contributed by atoms with van der Waals surface area (Å²) in [4.78, 5) is 0. The van der Waals surface area contributed by atoms with Gasteiger partial charge in [0.05, 0.1) is 18.3 Å². The SMILES string of the molecule is CCC(CC)n1cc(C(C)O)cn1. The van der Waals surface area contributed by atoms with Gasteiger partial charge in [-0.3, -0.25) is 4.68 Å². The predicted octanol–water partition coefficient (Wildman–Crippen LogP) is 2.30. The Bertz CT molecular complexity index is 251. The fraction of sp³-hybridized carbons (Fsp3) is 0.700. The summed E-state index contributed by atoms with van der Waals surface area (Å²) in [6.45, 7) is 6.06. The molecular weight excluding hydrogens is 164 g/mol. The van der Waals surface area contributed by atoms with E-state index in [-0.39, 0.29) is 0 Å². The van der Waals surface area contributed by atoms with Crippen LogP contribution in [-0.2, 0) is 0 Å². The van der Waals surface area contributed by atoms with Gasteiger partial charge in [0, 0.05) is 11.8 Å². The lowest BCUT2D eigenvalue weighted by atomic mass is 10.2. The van der Waals surface area contributed by atoms with E-state index in [1.807, 2.05) is 10.9 Å². The standard InChI is InChI=1S/C10H18N2O/c1-4-10(5-2)12-7-9(6-11-12)8(3)13/h6-8,10,13H,4-5H2,1-3H3. The smallest absolute Gasteiger partial charge is 0.0792 e. The molecule has 1 heterocycles. The van der Waals surface area contributed by atoms with Gasteiger partial charge in [0.1, 0.15) is 0 Å². The highest BCUT2D eigenvalue weighted by Crippen LogP contribution is 2.17. The normalized spacial score (nSPS) is 13.6. The molecule has 0 aliphatic heterocycles. The molecule has 0 aromatic carbocycles. The monoisotopic (exact) mass is 182 g/mol. The Morgan fingerprint density at radius 1 is 1.46 bits per heavy atom. The van der Waals surface area contributed by atoms with Crippen molar-refractivity contribution in [1.29, 1.82) is 0 Å². The van der Waals surface area contributed by atoms with Crippen LogP contribution in [0.15, 0.2) is 12.4 Å². The molecule has 0 spiro atoms. The maximum Gasteiger partial charge on any atom is 0.0792 e. The summed E-state index contributed by atoms with van der Waals surface area (Å²) in [6.07, 6.45) is 5.42. The summed E-state index contributed by atoms with van der Waals surface area (Å²) in [7, 11) is 0. The number of rotatable bonds is 4. The summed E-state index contributed by atoms with van der Waals surface area (Å²) in [5, 5.41) is 13.5. The van der Waals surface area contributed by atoms with E-state index in [1.54, 1.807) is 13.1 Å². The highest BCUT2D eigenvalue weighted by Gasteiger charge is 2.09. The van der Waals surface area contributed by atoms with Crippen LogP contribution in [0.1, 0.15) is 51.3 Å². The zero-order valence-electron chi connectivity index (χ0n) is 8.57. The summed E-state index contributed by atoms with van der Waals surface area (Å²) in [6, 6.07) is 0.465. The minimum Gasteiger partial charge on any atom is -0.389 e. The zero-order valence-corrected chi connectivity index (χ0v) is 8.57. The van der Waals surface area contributed by atoms with Crippen molar-refractivity contribution in [3.05, 3.63) is 18.0 Å². The minimum atomic E-state index is -0.414. The quantitative estimate of drug-likeness (QED) is 0.775. The molecule has 1 aromatic rings. The molecule has 0 bridgehead atoms. The molecule has 1 unspecified atom stereocenters. The lowest BCUT2D eigenvalue weighted by Crippen LogP contribution is -2.06. The Kier molecular flexibility index (Phi) is 3.48. The third-order valence-corrected chi connectivity index (χ3v) is 2.42. The maximum atomic E-state index is 9.31. The van der Waals surface area contributed by atoms with Crippen molar-refractivity contribution in [2.75, 3.05) is 0 Å². The van der Waals surface area contributed by atoms with Crippen molar-refractivity contribution in [2.24, 2.45) is 0 Å². The van der Waals surface area contributed by atoms with Gasteiger partial charge in [-0.25, -0.2) is 0 Å². The number of hydrogen-bond donors (Lipinski definition) is 1. The first-order valence-electron chi connectivity index (χ1n) is 4.91. The van der Waals surface area contributed by atoms with E-state index in [0.29, 0.717) is 6.04 Å². The largest absolute Gasteiger partial charge is 0.389 e. The highest BCUT2D eigenvalue weighted by atomic mass is 16.3. The van der Waals surface area contributed by atoms with Crippen LogP contribution < -0.4 is 0 Å². The molecule has 1 rings (SSSR count). The van der Waals surface area contributed by atoms with Gasteiger partial charge in [-0.05, 0) is 19.8 Å². The van der Waals surface area contributed by atoms with Crippen LogP contribution in [0.5, 0.6) is 0 Å². The third-order valence-electron chi connectivity index (χ3n) is 2.42. The summed E-state index contributed by atoms with van der Waals surface area (Å²) in [5.74, 6) is 0. The molecule has 3 nitrogen and oxygen atoms in total. The van der Waals surface area contributed by atoms with Crippen LogP contribution in [0.25, 0.3) is 0 Å². The Morgan fingerprint density at radius 2 is 2.08 bits per heavy atom. The molecule has 0 amide bonds. The van der Waals surface area contributed by atoms with Crippen LogP contribution in [0.3, 0.4) is 0 Å². The number of hydrogen-bond acceptors (Lipinski definition) is 2. The fourth-order valence-electron chi connectivity index (χ4n) is 1.43. The zero-order chi connectivity index (χ0) is 9.84. The first-order chi connectivity index (χ1) is 6.19. The van der Waals surface area contributed by atoms with E-state index in [9.17, 15) is 5.11 Å². The molecule has 0 saturated carbocycles. The van der Waals surface area contributed by atoms with Gasteiger partial charge in [0.2, 0.25) is 0 Å². The van der Waals surface area contributed by atoms with Gasteiger partial charge in [0.15, 0.2) is 0 Å². The van der Waals surface area contributed by atoms with Gasteiger partial charge in [-0.15, -0.1) is 0 Å². The molecule has 1 aromatic heterocycles. The Labute approximate surface area is 79.4 Å². The topological polar surface area (TPSA) is 38.0 Å². The number of aliphatic hydroxyl groups excluding tert-OH is 1. The van der Waals surface area contributed by atoms with Crippen molar-refractivity contribution in [3.8, 4) is 0 Å². The minimum absolute atomic E-state index is 0.414. The van der Waals surface area contributed by atoms with Gasteiger partial charge in [0.25, 0.3) is 0 Å². The molecule has 1 N–H and O–H groups in total. The number of aromatic nitrogens is 2. The van der Waals surface area contributed by atoms with Crippen molar-refractivity contribution in [2.45, 2.75) is 45.8 Å². The van der Waals surface area contributed by atoms with Gasteiger partial charge < -0.3 is 5.11 Å². The lowest BCUT2D eigenvalue weighted by molar-refractivity contribution is 0.199. The van der Waals surface area contributed by atoms with Crippen molar-refractivity contribution in [3.63, 3.8) is 0 Å². The Morgan fingerprint density at radius 3 is 2.46 bits per heavy atom. The van der Waals surface area contributed by atoms with Crippen LogP contribution in [0, 0.1) is 0 Å². The first kappa shape index (κ1) is 10.3. The van der Waals surface area contributed by atoms with Crippen LogP contribution in [-0.4, -0.2) is 14.9 Å². The van der Waals surface area contributed by atoms with E-state index in [2.05, 4.69) is 18.9 Å². The second kappa shape index (κ2) is 4.42. The van der Waals surface area contributed by atoms with Gasteiger partial charge in [-0.2, -0.15) is 5.10 Å². The molecule has 13 heavy (non-hydrogen) atoms. The van der Waals surface area contributed by atoms with Gasteiger partial charge >= 0.3 is 0 Å². The maximum absolute atomic E-state index is 9.31. The van der Waals surface area contributed by atoms with Crippen molar-refractivity contribution >= 4 is 0 Å². The third kappa shape index (κ3) is 2.31. The molecule has 0 aliphatic rings. The van der Waals surface area contributed by atoms with E-state index < -0.39 is 6.10 Å². The fourth-order valence-corrected chi connectivity index (χ4v) is 1.43. The van der Waals surface area contributed by atoms with E-state index in [1.165, 1.54) is 0 Å². The van der Waals surface area contributed by atoms with E-state index in [0.717, 1.165) is 18.4 Å². The Balaban J connectivity index is 2.78. The predicted molar refractivity (Wildman–Crippen MR) is 52.5 cm³/mol. The molecule has 0 fully saturated rings. The van der Waals surface area contributed by atoms with E-state index >= 15 is 0 Å². The van der Waals surface area contributed by atoms with Gasteiger partial charge in [-0.1, -0.05) is 13.8 Å². The molecule has 1 atom stereocenters. The van der Waals surface area contributed by atoms with E-state index in [4.69, 9.17) is 0 Å². The second-order valence-corrected chi connectivity index (χ2v) is 3.40.